The monoisotopic (exact) mass is 903 g/mol. The van der Waals surface area contributed by atoms with Crippen LogP contribution in [0.25, 0.3) is 0 Å². The zero-order valence-corrected chi connectivity index (χ0v) is 39.2. The van der Waals surface area contributed by atoms with Crippen molar-refractivity contribution < 1.29 is 62.3 Å². The minimum absolute atomic E-state index is 0.00934. The predicted molar refractivity (Wildman–Crippen MR) is 241 cm³/mol. The molecule has 0 aromatic rings. The van der Waals surface area contributed by atoms with E-state index in [0.717, 1.165) is 31.6 Å². The number of nitrogens with one attached hydrogen (secondary N) is 4. The van der Waals surface area contributed by atoms with Gasteiger partial charge in [-0.15, -0.1) is 0 Å². The van der Waals surface area contributed by atoms with Gasteiger partial charge in [0.05, 0.1) is 59.5 Å². The third-order valence-corrected chi connectivity index (χ3v) is 9.82. The smallest absolute Gasteiger partial charge is 0.326 e. The van der Waals surface area contributed by atoms with E-state index < -0.39 is 12.0 Å². The molecule has 0 aromatic heterocycles. The molecule has 0 aliphatic rings. The molecule has 0 saturated carbocycles. The number of hydrogen-bond acceptors (Lipinski definition) is 12. The fourth-order valence-corrected chi connectivity index (χ4v) is 6.30. The summed E-state index contributed by atoms with van der Waals surface area (Å²) in [5.74, 6) is -1.63. The van der Waals surface area contributed by atoms with Crippen LogP contribution in [0.2, 0.25) is 0 Å². The van der Waals surface area contributed by atoms with Gasteiger partial charge in [0.1, 0.15) is 25.9 Å². The van der Waals surface area contributed by atoms with Crippen molar-refractivity contribution in [2.45, 2.75) is 155 Å². The molecule has 63 heavy (non-hydrogen) atoms. The molecule has 368 valence electrons. The third-order valence-electron chi connectivity index (χ3n) is 9.82. The number of ketones is 1. The van der Waals surface area contributed by atoms with Crippen molar-refractivity contribution in [1.29, 1.82) is 0 Å². The highest BCUT2D eigenvalue weighted by molar-refractivity contribution is 5.84. The zero-order valence-electron chi connectivity index (χ0n) is 39.2. The molecule has 17 heteroatoms. The van der Waals surface area contributed by atoms with Gasteiger partial charge in [-0.05, 0) is 25.7 Å². The summed E-state index contributed by atoms with van der Waals surface area (Å²) in [7, 11) is 0. The van der Waals surface area contributed by atoms with Crippen LogP contribution in [-0.4, -0.2) is 145 Å². The molecule has 0 radical (unpaired) electrons. The van der Waals surface area contributed by atoms with Gasteiger partial charge in [-0.1, -0.05) is 117 Å². The number of Topliss-reactive ketones (excluding diaryl/α,β-unsaturated/α-hetero) is 1. The molecule has 0 aliphatic carbocycles. The number of hydrogen-bond donors (Lipinski definition) is 5. The maximum atomic E-state index is 12.4. The lowest BCUT2D eigenvalue weighted by Crippen LogP contribution is -2.41. The van der Waals surface area contributed by atoms with Crippen molar-refractivity contribution in [1.82, 2.24) is 21.3 Å². The molecular weight excluding hydrogens is 817 g/mol. The predicted octanol–water partition coefficient (Wildman–Crippen LogP) is 5.05. The molecule has 0 saturated heterocycles. The van der Waals surface area contributed by atoms with Crippen molar-refractivity contribution in [3.63, 3.8) is 0 Å². The van der Waals surface area contributed by atoms with E-state index in [2.05, 4.69) is 35.1 Å². The summed E-state index contributed by atoms with van der Waals surface area (Å²) in [5.41, 5.74) is 0. The van der Waals surface area contributed by atoms with Gasteiger partial charge < -0.3 is 54.8 Å². The maximum Gasteiger partial charge on any atom is 0.326 e. The first-order valence-electron chi connectivity index (χ1n) is 23.8. The number of aliphatic carboxylic acids is 1. The summed E-state index contributed by atoms with van der Waals surface area (Å²) in [6, 6.07) is -1.12. The SMILES string of the molecule is CC(=O)COCCOCCNC(=O)COCCOCCNC(=O)COCCOCCNC(=O)CC[C@H](NC(=O)CCCCCCCCCCCCCCCCCCC(C)C)C(=O)O. The van der Waals surface area contributed by atoms with Gasteiger partial charge >= 0.3 is 5.97 Å². The minimum atomic E-state index is -1.17. The lowest BCUT2D eigenvalue weighted by atomic mass is 10.0. The fourth-order valence-electron chi connectivity index (χ4n) is 6.30. The fraction of sp³-hybridized carbons (Fsp3) is 0.870. The number of carbonyl (C=O) groups excluding carboxylic acids is 5. The van der Waals surface area contributed by atoms with Crippen molar-refractivity contribution in [2.24, 2.45) is 5.92 Å². The van der Waals surface area contributed by atoms with Crippen molar-refractivity contribution >= 4 is 35.4 Å². The Bertz CT molecular complexity index is 1160. The van der Waals surface area contributed by atoms with E-state index in [9.17, 15) is 33.9 Å². The second kappa shape index (κ2) is 45.4. The highest BCUT2D eigenvalue weighted by Crippen LogP contribution is 2.15. The topological polar surface area (TPSA) is 226 Å². The average Bonchev–Trinajstić information content (AvgIpc) is 3.24. The van der Waals surface area contributed by atoms with E-state index in [0.29, 0.717) is 26.4 Å². The summed E-state index contributed by atoms with van der Waals surface area (Å²) in [4.78, 5) is 70.7. The van der Waals surface area contributed by atoms with E-state index in [4.69, 9.17) is 28.4 Å². The van der Waals surface area contributed by atoms with Crippen LogP contribution < -0.4 is 21.3 Å². The van der Waals surface area contributed by atoms with Gasteiger partial charge in [0.2, 0.25) is 23.6 Å². The van der Waals surface area contributed by atoms with Gasteiger partial charge in [-0.2, -0.15) is 0 Å². The van der Waals surface area contributed by atoms with Crippen molar-refractivity contribution in [2.75, 3.05) is 98.9 Å². The molecule has 0 spiro atoms. The largest absolute Gasteiger partial charge is 0.480 e. The Kier molecular flexibility index (Phi) is 43.0. The molecule has 0 heterocycles. The van der Waals surface area contributed by atoms with Gasteiger partial charge in [-0.25, -0.2) is 4.79 Å². The number of carbonyl (C=O) groups is 6. The van der Waals surface area contributed by atoms with Crippen LogP contribution in [0.4, 0.5) is 0 Å². The second-order valence-electron chi connectivity index (χ2n) is 16.3. The van der Waals surface area contributed by atoms with Crippen LogP contribution >= 0.6 is 0 Å². The lowest BCUT2D eigenvalue weighted by molar-refractivity contribution is -0.142. The summed E-state index contributed by atoms with van der Waals surface area (Å²) < 4.78 is 31.6. The van der Waals surface area contributed by atoms with E-state index >= 15 is 0 Å². The normalized spacial score (nSPS) is 11.7. The third kappa shape index (κ3) is 46.6. The lowest BCUT2D eigenvalue weighted by Gasteiger charge is -2.14. The summed E-state index contributed by atoms with van der Waals surface area (Å²) in [6.07, 6.45) is 21.6. The molecule has 0 aliphatic heterocycles. The Labute approximate surface area is 378 Å². The molecule has 0 aromatic carbocycles. The Morgan fingerprint density at radius 2 is 0.778 bits per heavy atom. The Morgan fingerprint density at radius 1 is 0.413 bits per heavy atom. The summed E-state index contributed by atoms with van der Waals surface area (Å²) >= 11 is 0. The van der Waals surface area contributed by atoms with Crippen LogP contribution in [-0.2, 0) is 57.2 Å². The first-order valence-corrected chi connectivity index (χ1v) is 23.8. The molecule has 1 atom stereocenters. The van der Waals surface area contributed by atoms with Crippen LogP contribution in [0.3, 0.4) is 0 Å². The zero-order chi connectivity index (χ0) is 46.4. The standard InChI is InChI=1S/C46H86N4O13/c1-39(2)20-18-16-14-12-10-8-6-4-5-7-9-11-13-15-17-19-21-43(53)50-41(46(56)57)22-23-42(52)47-24-27-58-31-34-62-37-45(55)49-26-29-60-32-35-63-38-44(54)48-25-28-59-30-33-61-36-40(3)51/h39,41H,4-38H2,1-3H3,(H,47,52)(H,48,54)(H,49,55)(H,50,53)(H,56,57)/t41-/m0/s1. The van der Waals surface area contributed by atoms with Crippen LogP contribution in [0.1, 0.15) is 149 Å². The van der Waals surface area contributed by atoms with Gasteiger partial charge in [0.15, 0.2) is 5.78 Å². The van der Waals surface area contributed by atoms with E-state index in [1.165, 1.54) is 90.4 Å². The average molecular weight is 903 g/mol. The molecular formula is C46H86N4O13. The Hall–Kier alpha value is -3.22. The number of amides is 4. The quantitative estimate of drug-likeness (QED) is 0.0505. The first kappa shape index (κ1) is 59.8. The van der Waals surface area contributed by atoms with Crippen LogP contribution in [0.5, 0.6) is 0 Å². The van der Waals surface area contributed by atoms with Gasteiger partial charge in [0, 0.05) is 32.5 Å². The number of carboxylic acid groups (broad SMARTS) is 1. The van der Waals surface area contributed by atoms with E-state index in [-0.39, 0.29) is 121 Å². The van der Waals surface area contributed by atoms with Crippen molar-refractivity contribution in [3.8, 4) is 0 Å². The highest BCUT2D eigenvalue weighted by atomic mass is 16.5. The highest BCUT2D eigenvalue weighted by Gasteiger charge is 2.20. The Morgan fingerprint density at radius 3 is 1.17 bits per heavy atom. The van der Waals surface area contributed by atoms with Gasteiger partial charge in [0.25, 0.3) is 0 Å². The molecule has 0 unspecified atom stereocenters. The van der Waals surface area contributed by atoms with Crippen molar-refractivity contribution in [3.05, 3.63) is 0 Å². The van der Waals surface area contributed by atoms with E-state index in [1.54, 1.807) is 0 Å². The molecule has 0 bridgehead atoms. The first-order chi connectivity index (χ1) is 30.5. The minimum Gasteiger partial charge on any atom is -0.480 e. The van der Waals surface area contributed by atoms with Crippen LogP contribution in [0.15, 0.2) is 0 Å². The molecule has 0 fully saturated rings. The maximum absolute atomic E-state index is 12.4. The van der Waals surface area contributed by atoms with Gasteiger partial charge in [-0.3, -0.25) is 24.0 Å². The number of rotatable bonds is 48. The number of ether oxygens (including phenoxy) is 6. The molecule has 0 rings (SSSR count). The summed E-state index contributed by atoms with van der Waals surface area (Å²) in [5, 5.41) is 20.1. The molecule has 4 amide bonds. The number of unbranched alkanes of at least 4 members (excludes halogenated alkanes) is 15. The Balaban J connectivity index is 3.61. The molecule has 17 nitrogen and oxygen atoms in total. The number of carboxylic acids is 1. The second-order valence-corrected chi connectivity index (χ2v) is 16.3. The molecule has 5 N–H and O–H groups in total. The summed E-state index contributed by atoms with van der Waals surface area (Å²) in [6.45, 7) is 8.92. The van der Waals surface area contributed by atoms with E-state index in [1.807, 2.05) is 0 Å². The van der Waals surface area contributed by atoms with Crippen LogP contribution in [0, 0.1) is 5.92 Å².